The minimum Gasteiger partial charge on any atom is -0.459 e. The first-order chi connectivity index (χ1) is 12.0. The van der Waals surface area contributed by atoms with Gasteiger partial charge in [-0.25, -0.2) is 4.79 Å². The number of nitro benzene ring substituents is 1. The number of non-ortho nitro benzene ring substituents is 1. The third kappa shape index (κ3) is 4.90. The lowest BCUT2D eigenvalue weighted by Gasteiger charge is -2.08. The summed E-state index contributed by atoms with van der Waals surface area (Å²) in [7, 11) is 0. The second-order valence-corrected chi connectivity index (χ2v) is 4.73. The summed E-state index contributed by atoms with van der Waals surface area (Å²) >= 11 is 0. The van der Waals surface area contributed by atoms with Crippen LogP contribution in [0.15, 0.2) is 65.4 Å². The Bertz CT molecular complexity index is 823. The standard InChI is InChI=1S/C17H14N2O6/c1-2-8-25-17(21)14(18-16(20)15-7-4-9-24-15)11-12-5-3-6-13(10-12)19(22)23/h2-7,9-11H,1,8H2,(H,18,20)/b14-11+. The molecule has 0 unspecified atom stereocenters. The average Bonchev–Trinajstić information content (AvgIpc) is 3.14. The van der Waals surface area contributed by atoms with Crippen molar-refractivity contribution in [2.75, 3.05) is 6.61 Å². The predicted octanol–water partition coefficient (Wildman–Crippen LogP) is 2.69. The van der Waals surface area contributed by atoms with Crippen LogP contribution in [0.3, 0.4) is 0 Å². The van der Waals surface area contributed by atoms with Gasteiger partial charge in [-0.2, -0.15) is 0 Å². The molecule has 1 aromatic heterocycles. The van der Waals surface area contributed by atoms with E-state index in [0.717, 1.165) is 0 Å². The monoisotopic (exact) mass is 342 g/mol. The molecule has 0 spiro atoms. The Morgan fingerprint density at radius 3 is 2.76 bits per heavy atom. The Morgan fingerprint density at radius 2 is 2.12 bits per heavy atom. The highest BCUT2D eigenvalue weighted by molar-refractivity contribution is 6.02. The molecular weight excluding hydrogens is 328 g/mol. The molecule has 2 rings (SSSR count). The third-order valence-electron chi connectivity index (χ3n) is 2.94. The Labute approximate surface area is 142 Å². The van der Waals surface area contributed by atoms with E-state index in [-0.39, 0.29) is 23.8 Å². The summed E-state index contributed by atoms with van der Waals surface area (Å²) in [5.41, 5.74) is 0.00756. The summed E-state index contributed by atoms with van der Waals surface area (Å²) in [6.45, 7) is 3.38. The number of rotatable bonds is 7. The van der Waals surface area contributed by atoms with Gasteiger partial charge in [0, 0.05) is 12.1 Å². The van der Waals surface area contributed by atoms with Gasteiger partial charge in [0.05, 0.1) is 11.2 Å². The zero-order valence-electron chi connectivity index (χ0n) is 13.0. The zero-order valence-corrected chi connectivity index (χ0v) is 13.0. The first-order valence-electron chi connectivity index (χ1n) is 7.10. The van der Waals surface area contributed by atoms with E-state index in [0.29, 0.717) is 5.56 Å². The predicted molar refractivity (Wildman–Crippen MR) is 88.4 cm³/mol. The van der Waals surface area contributed by atoms with E-state index in [1.165, 1.54) is 48.7 Å². The fourth-order valence-electron chi connectivity index (χ4n) is 1.84. The molecule has 2 aromatic rings. The lowest BCUT2D eigenvalue weighted by molar-refractivity contribution is -0.384. The highest BCUT2D eigenvalue weighted by atomic mass is 16.6. The third-order valence-corrected chi connectivity index (χ3v) is 2.94. The molecule has 0 saturated carbocycles. The maximum absolute atomic E-state index is 12.1. The summed E-state index contributed by atoms with van der Waals surface area (Å²) in [6, 6.07) is 8.54. The van der Waals surface area contributed by atoms with Crippen molar-refractivity contribution in [1.29, 1.82) is 0 Å². The minimum atomic E-state index is -0.814. The van der Waals surface area contributed by atoms with Crippen molar-refractivity contribution in [3.05, 3.63) is 82.5 Å². The van der Waals surface area contributed by atoms with Crippen LogP contribution in [0.25, 0.3) is 6.08 Å². The van der Waals surface area contributed by atoms with E-state index in [9.17, 15) is 19.7 Å². The molecule has 1 amide bonds. The van der Waals surface area contributed by atoms with E-state index >= 15 is 0 Å². The summed E-state index contributed by atoms with van der Waals surface area (Å²) in [5.74, 6) is -1.47. The molecule has 25 heavy (non-hydrogen) atoms. The molecule has 0 aliphatic heterocycles. The van der Waals surface area contributed by atoms with Gasteiger partial charge >= 0.3 is 5.97 Å². The lowest BCUT2D eigenvalue weighted by atomic mass is 10.1. The fraction of sp³-hybridized carbons (Fsp3) is 0.0588. The van der Waals surface area contributed by atoms with Crippen molar-refractivity contribution in [2.45, 2.75) is 0 Å². The van der Waals surface area contributed by atoms with Crippen molar-refractivity contribution < 1.29 is 23.7 Å². The van der Waals surface area contributed by atoms with Crippen molar-refractivity contribution >= 4 is 23.6 Å². The normalized spacial score (nSPS) is 10.8. The van der Waals surface area contributed by atoms with Crippen LogP contribution in [-0.4, -0.2) is 23.4 Å². The molecule has 1 heterocycles. The second kappa shape index (κ2) is 8.25. The van der Waals surface area contributed by atoms with Crippen molar-refractivity contribution in [3.63, 3.8) is 0 Å². The Kier molecular flexibility index (Phi) is 5.83. The van der Waals surface area contributed by atoms with Gasteiger partial charge in [0.2, 0.25) is 0 Å². The Morgan fingerprint density at radius 1 is 1.32 bits per heavy atom. The molecule has 1 N–H and O–H groups in total. The minimum absolute atomic E-state index is 0.00135. The van der Waals surface area contributed by atoms with Crippen LogP contribution in [0.1, 0.15) is 16.1 Å². The molecule has 0 bridgehead atoms. The van der Waals surface area contributed by atoms with Gasteiger partial charge < -0.3 is 14.5 Å². The van der Waals surface area contributed by atoms with E-state index in [1.807, 2.05) is 0 Å². The van der Waals surface area contributed by atoms with Gasteiger partial charge in [-0.1, -0.05) is 24.8 Å². The summed E-state index contributed by atoms with van der Waals surface area (Å²) < 4.78 is 9.88. The number of ether oxygens (including phenoxy) is 1. The number of benzene rings is 1. The molecule has 0 aliphatic carbocycles. The molecule has 1 aromatic carbocycles. The Balaban J connectivity index is 2.31. The molecule has 0 aliphatic rings. The number of hydrogen-bond donors (Lipinski definition) is 1. The van der Waals surface area contributed by atoms with Gasteiger partial charge in [0.1, 0.15) is 12.3 Å². The first kappa shape index (κ1) is 17.7. The van der Waals surface area contributed by atoms with Crippen LogP contribution in [0.5, 0.6) is 0 Å². The summed E-state index contributed by atoms with van der Waals surface area (Å²) in [6.07, 6.45) is 3.96. The SMILES string of the molecule is C=CCOC(=O)/C(=C\c1cccc([N+](=O)[O-])c1)NC(=O)c1ccco1. The Hall–Kier alpha value is -3.68. The molecule has 0 saturated heterocycles. The largest absolute Gasteiger partial charge is 0.459 e. The molecule has 0 fully saturated rings. The second-order valence-electron chi connectivity index (χ2n) is 4.73. The number of esters is 1. The fourth-order valence-corrected chi connectivity index (χ4v) is 1.84. The quantitative estimate of drug-likeness (QED) is 0.272. The highest BCUT2D eigenvalue weighted by Crippen LogP contribution is 2.16. The lowest BCUT2D eigenvalue weighted by Crippen LogP contribution is -2.28. The number of hydrogen-bond acceptors (Lipinski definition) is 6. The average molecular weight is 342 g/mol. The van der Waals surface area contributed by atoms with Crippen LogP contribution in [0.4, 0.5) is 5.69 Å². The number of amides is 1. The number of furan rings is 1. The molecular formula is C17H14N2O6. The maximum Gasteiger partial charge on any atom is 0.355 e. The number of nitrogens with zero attached hydrogens (tertiary/aromatic N) is 1. The van der Waals surface area contributed by atoms with Gasteiger partial charge in [0.25, 0.3) is 11.6 Å². The number of carbonyl (C=O) groups excluding carboxylic acids is 2. The maximum atomic E-state index is 12.1. The molecule has 0 atom stereocenters. The van der Waals surface area contributed by atoms with Gasteiger partial charge in [0.15, 0.2) is 5.76 Å². The van der Waals surface area contributed by atoms with Gasteiger partial charge in [-0.3, -0.25) is 14.9 Å². The van der Waals surface area contributed by atoms with E-state index < -0.39 is 16.8 Å². The first-order valence-corrected chi connectivity index (χ1v) is 7.10. The van der Waals surface area contributed by atoms with E-state index in [4.69, 9.17) is 9.15 Å². The van der Waals surface area contributed by atoms with Crippen molar-refractivity contribution in [2.24, 2.45) is 0 Å². The van der Waals surface area contributed by atoms with Crippen molar-refractivity contribution in [3.8, 4) is 0 Å². The van der Waals surface area contributed by atoms with Crippen LogP contribution in [0, 0.1) is 10.1 Å². The van der Waals surface area contributed by atoms with Crippen LogP contribution in [0.2, 0.25) is 0 Å². The highest BCUT2D eigenvalue weighted by Gasteiger charge is 2.17. The van der Waals surface area contributed by atoms with Crippen LogP contribution < -0.4 is 5.32 Å². The number of nitro groups is 1. The number of nitrogens with one attached hydrogen (secondary N) is 1. The molecule has 0 radical (unpaired) electrons. The smallest absolute Gasteiger partial charge is 0.355 e. The topological polar surface area (TPSA) is 112 Å². The molecule has 8 nitrogen and oxygen atoms in total. The van der Waals surface area contributed by atoms with E-state index in [1.54, 1.807) is 6.07 Å². The number of carbonyl (C=O) groups is 2. The zero-order chi connectivity index (χ0) is 18.2. The summed E-state index contributed by atoms with van der Waals surface area (Å²) in [5, 5.41) is 13.2. The van der Waals surface area contributed by atoms with E-state index in [2.05, 4.69) is 11.9 Å². The molecule has 8 heteroatoms. The molecule has 128 valence electrons. The van der Waals surface area contributed by atoms with Gasteiger partial charge in [-0.15, -0.1) is 0 Å². The van der Waals surface area contributed by atoms with Crippen molar-refractivity contribution in [1.82, 2.24) is 5.32 Å². The van der Waals surface area contributed by atoms with Crippen LogP contribution >= 0.6 is 0 Å². The summed E-state index contributed by atoms with van der Waals surface area (Å²) in [4.78, 5) is 34.5. The van der Waals surface area contributed by atoms with Gasteiger partial charge in [-0.05, 0) is 23.8 Å². The van der Waals surface area contributed by atoms with Crippen LogP contribution in [-0.2, 0) is 9.53 Å².